The predicted octanol–water partition coefficient (Wildman–Crippen LogP) is 1.06. The Bertz CT molecular complexity index is 700. The highest BCUT2D eigenvalue weighted by Crippen LogP contribution is 2.55. The molecule has 1 aliphatic carbocycles. The number of rotatable bonds is 2. The molecular formula is C15H24N4O2S. The molecule has 22 heavy (non-hydrogen) atoms. The zero-order chi connectivity index (χ0) is 15.7. The number of likely N-dealkylation sites (N-methyl/N-ethyl adjacent to an activating group) is 1. The molecule has 0 amide bonds. The summed E-state index contributed by atoms with van der Waals surface area (Å²) in [4.78, 5) is 6.50. The highest BCUT2D eigenvalue weighted by molar-refractivity contribution is 7.89. The molecule has 1 aromatic rings. The summed E-state index contributed by atoms with van der Waals surface area (Å²) >= 11 is 0. The maximum atomic E-state index is 13.2. The number of fused-ring (bicyclic) bond motifs is 1. The first-order valence-corrected chi connectivity index (χ1v) is 9.50. The van der Waals surface area contributed by atoms with Gasteiger partial charge in [0.1, 0.15) is 0 Å². The van der Waals surface area contributed by atoms with Crippen LogP contribution in [0.15, 0.2) is 17.6 Å². The van der Waals surface area contributed by atoms with Crippen molar-refractivity contribution in [3.63, 3.8) is 0 Å². The van der Waals surface area contributed by atoms with Crippen molar-refractivity contribution in [1.82, 2.24) is 18.8 Å². The fourth-order valence-corrected chi connectivity index (χ4v) is 7.16. The number of imidazole rings is 1. The number of hydrogen-bond donors (Lipinski definition) is 0. The molecule has 2 aliphatic heterocycles. The van der Waals surface area contributed by atoms with E-state index in [1.54, 1.807) is 24.1 Å². The first-order valence-electron chi connectivity index (χ1n) is 8.06. The molecule has 3 fully saturated rings. The van der Waals surface area contributed by atoms with Crippen molar-refractivity contribution >= 4 is 10.0 Å². The summed E-state index contributed by atoms with van der Waals surface area (Å²) in [6.45, 7) is 3.13. The van der Waals surface area contributed by atoms with Gasteiger partial charge in [0.2, 0.25) is 0 Å². The second-order valence-electron chi connectivity index (χ2n) is 7.48. The molecule has 0 unspecified atom stereocenters. The number of sulfonamides is 1. The lowest BCUT2D eigenvalue weighted by Crippen LogP contribution is -2.54. The van der Waals surface area contributed by atoms with Gasteiger partial charge >= 0.3 is 0 Å². The van der Waals surface area contributed by atoms with Crippen LogP contribution in [0.4, 0.5) is 0 Å². The highest BCUT2D eigenvalue weighted by Gasteiger charge is 2.62. The molecule has 2 bridgehead atoms. The minimum Gasteiger partial charge on any atom is -0.339 e. The van der Waals surface area contributed by atoms with Gasteiger partial charge in [-0.1, -0.05) is 13.3 Å². The Labute approximate surface area is 132 Å². The van der Waals surface area contributed by atoms with E-state index in [4.69, 9.17) is 0 Å². The summed E-state index contributed by atoms with van der Waals surface area (Å²) in [5.74, 6) is 0. The van der Waals surface area contributed by atoms with Crippen LogP contribution in [-0.4, -0.2) is 58.9 Å². The second kappa shape index (κ2) is 4.55. The SMILES string of the molecule is CN1C[C@@H]2C[C@@]3(C)[C@H](CCC[C@@H]13)N2S(=O)(=O)c1cn(C)cn1. The van der Waals surface area contributed by atoms with Gasteiger partial charge in [0, 0.05) is 43.3 Å². The summed E-state index contributed by atoms with van der Waals surface area (Å²) in [5.41, 5.74) is 0.0811. The van der Waals surface area contributed by atoms with Crippen molar-refractivity contribution in [1.29, 1.82) is 0 Å². The number of likely N-dealkylation sites (tertiary alicyclic amines) is 1. The lowest BCUT2D eigenvalue weighted by Gasteiger charge is -2.49. The molecule has 122 valence electrons. The van der Waals surface area contributed by atoms with Gasteiger partial charge in [0.25, 0.3) is 10.0 Å². The maximum absolute atomic E-state index is 13.2. The molecule has 0 aromatic carbocycles. The zero-order valence-electron chi connectivity index (χ0n) is 13.4. The van der Waals surface area contributed by atoms with Crippen LogP contribution in [-0.2, 0) is 17.1 Å². The average Bonchev–Trinajstić information content (AvgIpc) is 2.98. The van der Waals surface area contributed by atoms with E-state index in [1.165, 1.54) is 6.42 Å². The molecule has 1 saturated carbocycles. The third-order valence-corrected chi connectivity index (χ3v) is 7.92. The molecule has 2 saturated heterocycles. The van der Waals surface area contributed by atoms with Crippen LogP contribution in [0, 0.1) is 5.41 Å². The second-order valence-corrected chi connectivity index (χ2v) is 9.27. The van der Waals surface area contributed by atoms with Crippen LogP contribution in [0.5, 0.6) is 0 Å². The van der Waals surface area contributed by atoms with Gasteiger partial charge in [-0.25, -0.2) is 13.4 Å². The summed E-state index contributed by atoms with van der Waals surface area (Å²) in [6.07, 6.45) is 7.43. The fraction of sp³-hybridized carbons (Fsp3) is 0.800. The molecule has 6 nitrogen and oxygen atoms in total. The van der Waals surface area contributed by atoms with E-state index in [0.717, 1.165) is 25.8 Å². The average molecular weight is 324 g/mol. The third kappa shape index (κ3) is 1.79. The molecule has 3 aliphatic rings. The van der Waals surface area contributed by atoms with E-state index in [-0.39, 0.29) is 22.5 Å². The van der Waals surface area contributed by atoms with Gasteiger partial charge in [-0.15, -0.1) is 0 Å². The van der Waals surface area contributed by atoms with Crippen LogP contribution >= 0.6 is 0 Å². The van der Waals surface area contributed by atoms with Crippen molar-refractivity contribution in [2.75, 3.05) is 13.6 Å². The molecule has 0 spiro atoms. The van der Waals surface area contributed by atoms with Crippen LogP contribution in [0.25, 0.3) is 0 Å². The monoisotopic (exact) mass is 324 g/mol. The normalized spacial score (nSPS) is 39.3. The van der Waals surface area contributed by atoms with Gasteiger partial charge in [-0.05, 0) is 26.3 Å². The van der Waals surface area contributed by atoms with E-state index in [0.29, 0.717) is 6.04 Å². The topological polar surface area (TPSA) is 58.4 Å². The molecule has 1 aromatic heterocycles. The van der Waals surface area contributed by atoms with Crippen LogP contribution in [0.2, 0.25) is 0 Å². The first kappa shape index (κ1) is 14.7. The fourth-order valence-electron chi connectivity index (χ4n) is 5.25. The van der Waals surface area contributed by atoms with E-state index in [1.807, 2.05) is 4.31 Å². The summed E-state index contributed by atoms with van der Waals surface area (Å²) in [6, 6.07) is 0.709. The van der Waals surface area contributed by atoms with Gasteiger partial charge in [0.05, 0.1) is 6.33 Å². The van der Waals surface area contributed by atoms with Crippen LogP contribution < -0.4 is 0 Å². The van der Waals surface area contributed by atoms with E-state index >= 15 is 0 Å². The Balaban J connectivity index is 1.80. The molecule has 3 heterocycles. The Kier molecular flexibility index (Phi) is 3.03. The predicted molar refractivity (Wildman–Crippen MR) is 82.8 cm³/mol. The minimum atomic E-state index is -3.51. The number of hydrogen-bond acceptors (Lipinski definition) is 4. The Morgan fingerprint density at radius 1 is 1.27 bits per heavy atom. The number of aromatic nitrogens is 2. The van der Waals surface area contributed by atoms with Crippen molar-refractivity contribution in [2.24, 2.45) is 12.5 Å². The third-order valence-electron chi connectivity index (χ3n) is 6.07. The number of piperidine rings is 1. The summed E-state index contributed by atoms with van der Waals surface area (Å²) in [7, 11) is 0.443. The Morgan fingerprint density at radius 2 is 2.00 bits per heavy atom. The molecular weight excluding hydrogens is 300 g/mol. The maximum Gasteiger partial charge on any atom is 0.262 e. The lowest BCUT2D eigenvalue weighted by molar-refractivity contribution is 0.0280. The standard InChI is InChI=1S/C15H24N4O2S/c1-15-7-11-8-18(3)12(15)5-4-6-13(15)19(11)22(20,21)14-9-17(2)10-16-14/h9-13H,4-8H2,1-3H3/t11-,12+,13-,15+/m0/s1. The molecule has 0 radical (unpaired) electrons. The molecule has 7 heteroatoms. The van der Waals surface area contributed by atoms with E-state index in [9.17, 15) is 8.42 Å². The number of aryl methyl sites for hydroxylation is 1. The number of nitrogens with zero attached hydrogens (tertiary/aromatic N) is 4. The molecule has 4 rings (SSSR count). The van der Waals surface area contributed by atoms with Gasteiger partial charge in [-0.3, -0.25) is 0 Å². The van der Waals surface area contributed by atoms with Gasteiger partial charge < -0.3 is 9.47 Å². The van der Waals surface area contributed by atoms with Crippen molar-refractivity contribution < 1.29 is 8.42 Å². The lowest BCUT2D eigenvalue weighted by atomic mass is 9.66. The van der Waals surface area contributed by atoms with Gasteiger partial charge in [0.15, 0.2) is 5.03 Å². The smallest absolute Gasteiger partial charge is 0.262 e. The minimum absolute atomic E-state index is 0.0811. The van der Waals surface area contributed by atoms with E-state index in [2.05, 4.69) is 23.9 Å². The van der Waals surface area contributed by atoms with Crippen LogP contribution in [0.3, 0.4) is 0 Å². The van der Waals surface area contributed by atoms with Crippen molar-refractivity contribution in [3.05, 3.63) is 12.5 Å². The quantitative estimate of drug-likeness (QED) is 0.816. The van der Waals surface area contributed by atoms with Crippen LogP contribution in [0.1, 0.15) is 32.6 Å². The van der Waals surface area contributed by atoms with Gasteiger partial charge in [-0.2, -0.15) is 4.31 Å². The van der Waals surface area contributed by atoms with Crippen molar-refractivity contribution in [3.8, 4) is 0 Å². The first-order chi connectivity index (χ1) is 10.3. The van der Waals surface area contributed by atoms with Crippen molar-refractivity contribution in [2.45, 2.75) is 55.8 Å². The zero-order valence-corrected chi connectivity index (χ0v) is 14.3. The molecule has 4 atom stereocenters. The summed E-state index contributed by atoms with van der Waals surface area (Å²) < 4.78 is 29.9. The van der Waals surface area contributed by atoms with E-state index < -0.39 is 10.0 Å². The highest BCUT2D eigenvalue weighted by atomic mass is 32.2. The largest absolute Gasteiger partial charge is 0.339 e. The summed E-state index contributed by atoms with van der Waals surface area (Å²) in [5, 5.41) is 0.191. The Morgan fingerprint density at radius 3 is 2.68 bits per heavy atom. The molecule has 0 N–H and O–H groups in total. The Hall–Kier alpha value is -0.920.